The Balaban J connectivity index is 1.86. The van der Waals surface area contributed by atoms with Gasteiger partial charge < -0.3 is 14.5 Å². The molecule has 0 saturated carbocycles. The maximum Gasteiger partial charge on any atom is 0.261 e. The molecule has 6 nitrogen and oxygen atoms in total. The molecular weight excluding hydrogens is 386 g/mol. The summed E-state index contributed by atoms with van der Waals surface area (Å²) in [5.41, 5.74) is 1.35. The summed E-state index contributed by atoms with van der Waals surface area (Å²) < 4.78 is 33.4. The van der Waals surface area contributed by atoms with Crippen LogP contribution in [0.5, 0.6) is 5.75 Å². The molecule has 0 aromatic heterocycles. The molecule has 1 aliphatic heterocycles. The molecule has 0 spiro atoms. The van der Waals surface area contributed by atoms with Crippen molar-refractivity contribution in [3.63, 3.8) is 0 Å². The first-order chi connectivity index (χ1) is 12.9. The Labute approximate surface area is 165 Å². The minimum absolute atomic E-state index is 0.175. The molecule has 0 atom stereocenters. The Bertz CT molecular complexity index is 880. The van der Waals surface area contributed by atoms with Crippen molar-refractivity contribution in [2.45, 2.75) is 11.8 Å². The van der Waals surface area contributed by atoms with Crippen LogP contribution in [0.1, 0.15) is 6.92 Å². The predicted octanol–water partition coefficient (Wildman–Crippen LogP) is 1.87. The van der Waals surface area contributed by atoms with Gasteiger partial charge in [-0.3, -0.25) is 4.72 Å². The molecule has 0 aliphatic carbocycles. The molecular formula is C19H25ClN3O3S+. The molecule has 1 saturated heterocycles. The van der Waals surface area contributed by atoms with Gasteiger partial charge in [0, 0.05) is 5.02 Å². The average molecular weight is 411 g/mol. The molecule has 0 amide bonds. The van der Waals surface area contributed by atoms with Crippen molar-refractivity contribution in [3.8, 4) is 5.75 Å². The van der Waals surface area contributed by atoms with Gasteiger partial charge in [-0.05, 0) is 49.4 Å². The lowest BCUT2D eigenvalue weighted by molar-refractivity contribution is -0.898. The van der Waals surface area contributed by atoms with Gasteiger partial charge >= 0.3 is 0 Å². The summed E-state index contributed by atoms with van der Waals surface area (Å²) in [5, 5.41) is 0.490. The van der Waals surface area contributed by atoms with Crippen LogP contribution < -0.4 is 19.3 Å². The third kappa shape index (κ3) is 4.66. The third-order valence-corrected chi connectivity index (χ3v) is 6.50. The largest absolute Gasteiger partial charge is 0.497 e. The van der Waals surface area contributed by atoms with Crippen molar-refractivity contribution in [3.05, 3.63) is 47.5 Å². The van der Waals surface area contributed by atoms with Gasteiger partial charge in [0.2, 0.25) is 0 Å². The number of likely N-dealkylation sites (N-methyl/N-ethyl adjacent to an activating group) is 1. The first kappa shape index (κ1) is 19.8. The highest BCUT2D eigenvalue weighted by Gasteiger charge is 2.23. The molecule has 8 heteroatoms. The summed E-state index contributed by atoms with van der Waals surface area (Å²) in [6.45, 7) is 7.10. The van der Waals surface area contributed by atoms with Crippen LogP contribution in [0.15, 0.2) is 47.4 Å². The van der Waals surface area contributed by atoms with Crippen LogP contribution in [-0.4, -0.2) is 48.3 Å². The number of sulfonamides is 1. The summed E-state index contributed by atoms with van der Waals surface area (Å²) >= 11 is 6.14. The van der Waals surface area contributed by atoms with E-state index in [-0.39, 0.29) is 4.90 Å². The first-order valence-corrected chi connectivity index (χ1v) is 10.8. The molecule has 1 fully saturated rings. The number of nitrogens with one attached hydrogen (secondary N) is 2. The molecule has 146 valence electrons. The molecule has 2 aromatic rings. The third-order valence-electron chi connectivity index (χ3n) is 4.88. The van der Waals surface area contributed by atoms with Gasteiger partial charge in [0.25, 0.3) is 10.0 Å². The molecule has 0 radical (unpaired) electrons. The molecule has 1 aliphatic rings. The Kier molecular flexibility index (Phi) is 6.14. The molecule has 3 rings (SSSR count). The molecule has 1 heterocycles. The maximum atomic E-state index is 12.8. The van der Waals surface area contributed by atoms with Crippen LogP contribution in [0.4, 0.5) is 11.4 Å². The van der Waals surface area contributed by atoms with Crippen molar-refractivity contribution in [1.82, 2.24) is 0 Å². The summed E-state index contributed by atoms with van der Waals surface area (Å²) in [4.78, 5) is 3.94. The van der Waals surface area contributed by atoms with Gasteiger partial charge in [-0.25, -0.2) is 8.42 Å². The lowest BCUT2D eigenvalue weighted by Crippen LogP contribution is -3.14. The lowest BCUT2D eigenvalue weighted by Gasteiger charge is -2.34. The van der Waals surface area contributed by atoms with Gasteiger partial charge in [-0.2, -0.15) is 0 Å². The van der Waals surface area contributed by atoms with Crippen molar-refractivity contribution in [2.24, 2.45) is 0 Å². The van der Waals surface area contributed by atoms with Crippen molar-refractivity contribution >= 4 is 33.0 Å². The zero-order valence-electron chi connectivity index (χ0n) is 15.5. The predicted molar refractivity (Wildman–Crippen MR) is 109 cm³/mol. The van der Waals surface area contributed by atoms with E-state index in [0.29, 0.717) is 16.5 Å². The van der Waals surface area contributed by atoms with E-state index in [4.69, 9.17) is 16.3 Å². The fourth-order valence-electron chi connectivity index (χ4n) is 3.24. The maximum absolute atomic E-state index is 12.8. The van der Waals surface area contributed by atoms with E-state index in [1.165, 1.54) is 12.1 Å². The van der Waals surface area contributed by atoms with E-state index in [1.807, 2.05) is 6.07 Å². The topological polar surface area (TPSA) is 63.1 Å². The van der Waals surface area contributed by atoms with E-state index in [9.17, 15) is 8.42 Å². The smallest absolute Gasteiger partial charge is 0.261 e. The molecule has 0 unspecified atom stereocenters. The number of benzene rings is 2. The Hall–Kier alpha value is -1.96. The van der Waals surface area contributed by atoms with Gasteiger partial charge in [0.15, 0.2) is 0 Å². The van der Waals surface area contributed by atoms with Gasteiger partial charge in [0.05, 0.1) is 56.1 Å². The highest BCUT2D eigenvalue weighted by Crippen LogP contribution is 2.31. The number of methoxy groups -OCH3 is 1. The van der Waals surface area contributed by atoms with Crippen molar-refractivity contribution < 1.29 is 18.1 Å². The number of quaternary nitrogens is 1. The quantitative estimate of drug-likeness (QED) is 0.763. The highest BCUT2D eigenvalue weighted by molar-refractivity contribution is 7.92. The normalized spacial score (nSPS) is 15.6. The SMILES string of the molecule is CC[NH+]1CCN(c2ccc(Cl)cc2NS(=O)(=O)c2ccc(OC)cc2)CC1. The van der Waals surface area contributed by atoms with Gasteiger partial charge in [-0.15, -0.1) is 0 Å². The number of ether oxygens (including phenoxy) is 1. The zero-order chi connectivity index (χ0) is 19.4. The number of piperazine rings is 1. The highest BCUT2D eigenvalue weighted by atomic mass is 35.5. The van der Waals surface area contributed by atoms with Gasteiger partial charge in [0.1, 0.15) is 5.75 Å². The Morgan fingerprint density at radius 3 is 2.41 bits per heavy atom. The average Bonchev–Trinajstić information content (AvgIpc) is 2.68. The number of nitrogens with zero attached hydrogens (tertiary/aromatic N) is 1. The Morgan fingerprint density at radius 2 is 1.81 bits per heavy atom. The van der Waals surface area contributed by atoms with Crippen LogP contribution in [0.25, 0.3) is 0 Å². The second-order valence-electron chi connectivity index (χ2n) is 6.53. The number of hydrogen-bond acceptors (Lipinski definition) is 4. The van der Waals surface area contributed by atoms with Gasteiger partial charge in [-0.1, -0.05) is 11.6 Å². The second kappa shape index (κ2) is 8.37. The van der Waals surface area contributed by atoms with Crippen molar-refractivity contribution in [1.29, 1.82) is 0 Å². The fraction of sp³-hybridized carbons (Fsp3) is 0.368. The summed E-state index contributed by atoms with van der Waals surface area (Å²) in [6.07, 6.45) is 0. The summed E-state index contributed by atoms with van der Waals surface area (Å²) in [5.74, 6) is 0.605. The number of anilines is 2. The molecule has 27 heavy (non-hydrogen) atoms. The molecule has 2 aromatic carbocycles. The summed E-state index contributed by atoms with van der Waals surface area (Å²) in [7, 11) is -2.19. The Morgan fingerprint density at radius 1 is 1.15 bits per heavy atom. The van der Waals surface area contributed by atoms with E-state index in [2.05, 4.69) is 16.5 Å². The van der Waals surface area contributed by atoms with E-state index < -0.39 is 10.0 Å². The van der Waals surface area contributed by atoms with E-state index in [1.54, 1.807) is 36.3 Å². The minimum Gasteiger partial charge on any atom is -0.497 e. The summed E-state index contributed by atoms with van der Waals surface area (Å²) in [6, 6.07) is 11.6. The van der Waals surface area contributed by atoms with E-state index >= 15 is 0 Å². The van der Waals surface area contributed by atoms with E-state index in [0.717, 1.165) is 38.4 Å². The lowest BCUT2D eigenvalue weighted by atomic mass is 10.2. The van der Waals surface area contributed by atoms with Crippen molar-refractivity contribution in [2.75, 3.05) is 49.5 Å². The first-order valence-electron chi connectivity index (χ1n) is 8.98. The van der Waals surface area contributed by atoms with Crippen LogP contribution in [0.2, 0.25) is 5.02 Å². The van der Waals surface area contributed by atoms with Crippen LogP contribution in [0.3, 0.4) is 0 Å². The van der Waals surface area contributed by atoms with Crippen LogP contribution in [0, 0.1) is 0 Å². The fourth-order valence-corrected chi connectivity index (χ4v) is 4.48. The molecule has 2 N–H and O–H groups in total. The monoisotopic (exact) mass is 410 g/mol. The minimum atomic E-state index is -3.73. The number of rotatable bonds is 6. The zero-order valence-corrected chi connectivity index (χ0v) is 17.1. The van der Waals surface area contributed by atoms with Crippen LogP contribution in [-0.2, 0) is 10.0 Å². The second-order valence-corrected chi connectivity index (χ2v) is 8.65. The molecule has 0 bridgehead atoms. The number of halogens is 1. The number of hydrogen-bond donors (Lipinski definition) is 2. The standard InChI is InChI=1S/C19H24ClN3O3S/c1-3-22-10-12-23(13-11-22)19-9-4-15(20)14-18(19)21-27(24,25)17-7-5-16(26-2)6-8-17/h4-9,14,21H,3,10-13H2,1-2H3/p+1. The van der Waals surface area contributed by atoms with Crippen LogP contribution >= 0.6 is 11.6 Å².